The molecular formula is C17H14ClN2NaO4. The molecule has 0 radical (unpaired) electrons. The SMILES string of the molecule is CC(Oc1ccc(Oc2cnc3ccc(Cl)cc3n2)cc1)C(=O)O.[H-].[Na+]. The van der Waals surface area contributed by atoms with E-state index in [2.05, 4.69) is 9.97 Å². The maximum atomic E-state index is 10.8. The second kappa shape index (κ2) is 8.49. The second-order valence-corrected chi connectivity index (χ2v) is 5.45. The molecule has 1 N–H and O–H groups in total. The summed E-state index contributed by atoms with van der Waals surface area (Å²) in [6.45, 7) is 1.46. The van der Waals surface area contributed by atoms with E-state index in [1.165, 1.54) is 13.1 Å². The predicted octanol–water partition coefficient (Wildman–Crippen LogP) is 1.04. The summed E-state index contributed by atoms with van der Waals surface area (Å²) in [5.74, 6) is 0.271. The van der Waals surface area contributed by atoms with E-state index in [4.69, 9.17) is 26.2 Å². The summed E-state index contributed by atoms with van der Waals surface area (Å²) >= 11 is 5.95. The number of aromatic nitrogens is 2. The van der Waals surface area contributed by atoms with Crippen LogP contribution in [0, 0.1) is 0 Å². The van der Waals surface area contributed by atoms with Gasteiger partial charge in [-0.05, 0) is 49.4 Å². The molecule has 1 atom stereocenters. The van der Waals surface area contributed by atoms with E-state index in [1.807, 2.05) is 0 Å². The number of halogens is 1. The van der Waals surface area contributed by atoms with Crippen LogP contribution in [0.5, 0.6) is 17.4 Å². The molecule has 3 aromatic rings. The Kier molecular flexibility index (Phi) is 6.61. The van der Waals surface area contributed by atoms with E-state index in [0.29, 0.717) is 27.9 Å². The Hall–Kier alpha value is -1.86. The number of rotatable bonds is 5. The summed E-state index contributed by atoms with van der Waals surface area (Å²) in [6.07, 6.45) is 0.598. The minimum atomic E-state index is -1.03. The van der Waals surface area contributed by atoms with Crippen molar-refractivity contribution in [1.82, 2.24) is 9.97 Å². The quantitative estimate of drug-likeness (QED) is 0.678. The maximum absolute atomic E-state index is 10.8. The fourth-order valence-corrected chi connectivity index (χ4v) is 2.14. The molecule has 2 aromatic carbocycles. The summed E-state index contributed by atoms with van der Waals surface area (Å²) in [4.78, 5) is 19.4. The number of hydrogen-bond donors (Lipinski definition) is 1. The molecule has 25 heavy (non-hydrogen) atoms. The number of hydrogen-bond acceptors (Lipinski definition) is 5. The number of carbonyl (C=O) groups is 1. The number of fused-ring (bicyclic) bond motifs is 1. The monoisotopic (exact) mass is 368 g/mol. The van der Waals surface area contributed by atoms with E-state index in [9.17, 15) is 4.79 Å². The number of carboxylic acids is 1. The van der Waals surface area contributed by atoms with Crippen LogP contribution in [0.1, 0.15) is 8.35 Å². The minimum absolute atomic E-state index is 0. The molecule has 0 spiro atoms. The van der Waals surface area contributed by atoms with Gasteiger partial charge in [0, 0.05) is 5.02 Å². The van der Waals surface area contributed by atoms with Gasteiger partial charge in [-0.3, -0.25) is 0 Å². The Morgan fingerprint density at radius 3 is 2.52 bits per heavy atom. The summed E-state index contributed by atoms with van der Waals surface area (Å²) in [5, 5.41) is 9.40. The standard InChI is InChI=1S/C17H13ClN2O4.Na.H/c1-10(17(21)22)23-12-3-5-13(6-4-12)24-16-9-19-14-7-2-11(18)8-15(14)20-16;;/h2-10H,1H3,(H,21,22);;/q;+1;-1. The fraction of sp³-hybridized carbons (Fsp3) is 0.118. The molecule has 0 saturated heterocycles. The van der Waals surface area contributed by atoms with Gasteiger partial charge in [-0.15, -0.1) is 0 Å². The third kappa shape index (κ3) is 5.06. The topological polar surface area (TPSA) is 81.5 Å². The van der Waals surface area contributed by atoms with Crippen molar-refractivity contribution in [2.45, 2.75) is 13.0 Å². The van der Waals surface area contributed by atoms with Gasteiger partial charge >= 0.3 is 35.5 Å². The minimum Gasteiger partial charge on any atom is -1.00 e. The van der Waals surface area contributed by atoms with E-state index in [1.54, 1.807) is 42.5 Å². The van der Waals surface area contributed by atoms with Crippen LogP contribution < -0.4 is 39.0 Å². The summed E-state index contributed by atoms with van der Waals surface area (Å²) in [7, 11) is 0. The van der Waals surface area contributed by atoms with Crippen LogP contribution in [-0.2, 0) is 4.79 Å². The van der Waals surface area contributed by atoms with Crippen LogP contribution in [0.25, 0.3) is 11.0 Å². The molecule has 0 amide bonds. The molecule has 124 valence electrons. The summed E-state index contributed by atoms with van der Waals surface area (Å²) in [5.41, 5.74) is 1.35. The van der Waals surface area contributed by atoms with Crippen molar-refractivity contribution in [3.05, 3.63) is 53.7 Å². The van der Waals surface area contributed by atoms with Gasteiger partial charge < -0.3 is 16.0 Å². The predicted molar refractivity (Wildman–Crippen MR) is 89.9 cm³/mol. The average molecular weight is 369 g/mol. The molecule has 8 heteroatoms. The molecule has 1 aromatic heterocycles. The van der Waals surface area contributed by atoms with Gasteiger partial charge in [-0.25, -0.2) is 14.8 Å². The number of benzene rings is 2. The molecule has 0 aliphatic rings. The Labute approximate surface area is 172 Å². The zero-order valence-electron chi connectivity index (χ0n) is 14.6. The average Bonchev–Trinajstić information content (AvgIpc) is 2.56. The van der Waals surface area contributed by atoms with Crippen molar-refractivity contribution in [3.8, 4) is 17.4 Å². The third-order valence-electron chi connectivity index (χ3n) is 3.19. The number of ether oxygens (including phenoxy) is 2. The van der Waals surface area contributed by atoms with Crippen LogP contribution in [-0.4, -0.2) is 27.1 Å². The zero-order valence-corrected chi connectivity index (χ0v) is 16.4. The van der Waals surface area contributed by atoms with Crippen LogP contribution in [0.15, 0.2) is 48.7 Å². The Morgan fingerprint density at radius 1 is 1.16 bits per heavy atom. The van der Waals surface area contributed by atoms with Crippen LogP contribution in [0.3, 0.4) is 0 Å². The second-order valence-electron chi connectivity index (χ2n) is 5.01. The molecule has 6 nitrogen and oxygen atoms in total. The number of aliphatic carboxylic acids is 1. The molecule has 0 aliphatic heterocycles. The van der Waals surface area contributed by atoms with Gasteiger partial charge in [-0.1, -0.05) is 11.6 Å². The van der Waals surface area contributed by atoms with Gasteiger partial charge in [-0.2, -0.15) is 0 Å². The van der Waals surface area contributed by atoms with E-state index in [0.717, 1.165) is 5.52 Å². The van der Waals surface area contributed by atoms with Gasteiger partial charge in [0.2, 0.25) is 5.88 Å². The van der Waals surface area contributed by atoms with E-state index < -0.39 is 12.1 Å². The van der Waals surface area contributed by atoms with Crippen LogP contribution in [0.4, 0.5) is 0 Å². The Bertz CT molecular complexity index is 896. The number of carboxylic acid groups (broad SMARTS) is 1. The first-order valence-electron chi connectivity index (χ1n) is 7.11. The van der Waals surface area contributed by atoms with Crippen molar-refractivity contribution in [3.63, 3.8) is 0 Å². The van der Waals surface area contributed by atoms with E-state index >= 15 is 0 Å². The zero-order chi connectivity index (χ0) is 17.1. The third-order valence-corrected chi connectivity index (χ3v) is 3.42. The molecular weight excluding hydrogens is 355 g/mol. The van der Waals surface area contributed by atoms with Crippen molar-refractivity contribution >= 4 is 28.6 Å². The molecule has 1 heterocycles. The van der Waals surface area contributed by atoms with Crippen LogP contribution in [0.2, 0.25) is 5.02 Å². The van der Waals surface area contributed by atoms with Crippen molar-refractivity contribution in [2.75, 3.05) is 0 Å². The van der Waals surface area contributed by atoms with Gasteiger partial charge in [0.15, 0.2) is 6.10 Å². The van der Waals surface area contributed by atoms with Crippen molar-refractivity contribution in [1.29, 1.82) is 0 Å². The smallest absolute Gasteiger partial charge is 1.00 e. The molecule has 0 fully saturated rings. The van der Waals surface area contributed by atoms with E-state index in [-0.39, 0.29) is 31.0 Å². The Morgan fingerprint density at radius 2 is 1.84 bits per heavy atom. The van der Waals surface area contributed by atoms with Crippen molar-refractivity contribution in [2.24, 2.45) is 0 Å². The molecule has 1 unspecified atom stereocenters. The Balaban J connectivity index is 0.00000169. The maximum Gasteiger partial charge on any atom is 1.00 e. The molecule has 0 bridgehead atoms. The fourth-order valence-electron chi connectivity index (χ4n) is 1.98. The largest absolute Gasteiger partial charge is 1.00 e. The molecule has 0 aliphatic carbocycles. The number of nitrogens with zero attached hydrogens (tertiary/aromatic N) is 2. The van der Waals surface area contributed by atoms with Crippen molar-refractivity contribution < 1.29 is 50.4 Å². The van der Waals surface area contributed by atoms with Gasteiger partial charge in [0.1, 0.15) is 11.5 Å². The van der Waals surface area contributed by atoms with Gasteiger partial charge in [0.25, 0.3) is 0 Å². The first kappa shape index (κ1) is 19.5. The first-order valence-corrected chi connectivity index (χ1v) is 7.49. The normalized spacial score (nSPS) is 11.4. The summed E-state index contributed by atoms with van der Waals surface area (Å²) < 4.78 is 10.9. The summed E-state index contributed by atoms with van der Waals surface area (Å²) in [6, 6.07) is 11.8. The van der Waals surface area contributed by atoms with Crippen LogP contribution >= 0.6 is 11.6 Å². The molecule has 3 rings (SSSR count). The first-order chi connectivity index (χ1) is 11.5. The van der Waals surface area contributed by atoms with Gasteiger partial charge in [0.05, 0.1) is 17.2 Å². The molecule has 0 saturated carbocycles.